The second-order valence-corrected chi connectivity index (χ2v) is 8.70. The molecule has 0 unspecified atom stereocenters. The van der Waals surface area contributed by atoms with E-state index in [1.165, 1.54) is 11.8 Å². The monoisotopic (exact) mass is 441 g/mol. The fourth-order valence-corrected chi connectivity index (χ4v) is 5.03. The summed E-state index contributed by atoms with van der Waals surface area (Å²) in [5, 5.41) is 1.74. The van der Waals surface area contributed by atoms with Crippen molar-refractivity contribution in [2.75, 3.05) is 36.8 Å². The van der Waals surface area contributed by atoms with Crippen LogP contribution in [0.1, 0.15) is 6.92 Å². The van der Waals surface area contributed by atoms with Crippen LogP contribution >= 0.6 is 23.4 Å². The lowest BCUT2D eigenvalue weighted by Gasteiger charge is -2.36. The van der Waals surface area contributed by atoms with Crippen molar-refractivity contribution in [2.24, 2.45) is 0 Å². The number of aromatic nitrogens is 1. The molecule has 5 nitrogen and oxygen atoms in total. The zero-order valence-electron chi connectivity index (χ0n) is 16.9. The first-order valence-electron chi connectivity index (χ1n) is 10.1. The van der Waals surface area contributed by atoms with Crippen LogP contribution in [0.2, 0.25) is 5.02 Å². The Balaban J connectivity index is 1.41. The molecule has 1 saturated heterocycles. The van der Waals surface area contributed by atoms with E-state index in [-0.39, 0.29) is 11.5 Å². The maximum Gasteiger partial charge on any atom is 0.252 e. The normalized spacial score (nSPS) is 14.3. The molecule has 0 atom stereocenters. The van der Waals surface area contributed by atoms with Gasteiger partial charge in [0.25, 0.3) is 5.56 Å². The lowest BCUT2D eigenvalue weighted by atomic mass is 10.2. The van der Waals surface area contributed by atoms with Crippen molar-refractivity contribution < 1.29 is 4.79 Å². The number of hydrogen-bond acceptors (Lipinski definition) is 4. The summed E-state index contributed by atoms with van der Waals surface area (Å²) in [4.78, 5) is 30.3. The number of carbonyl (C=O) groups excluding carboxylic acids is 1. The topological polar surface area (TPSA) is 45.6 Å². The van der Waals surface area contributed by atoms with Crippen molar-refractivity contribution in [3.63, 3.8) is 0 Å². The highest BCUT2D eigenvalue weighted by atomic mass is 35.5. The fraction of sp³-hybridized carbons (Fsp3) is 0.304. The quantitative estimate of drug-likeness (QED) is 0.559. The van der Waals surface area contributed by atoms with E-state index in [4.69, 9.17) is 11.6 Å². The molecule has 0 spiro atoms. The number of halogens is 1. The van der Waals surface area contributed by atoms with Crippen LogP contribution in [0.4, 0.5) is 5.69 Å². The van der Waals surface area contributed by atoms with Gasteiger partial charge in [0.2, 0.25) is 5.91 Å². The first kappa shape index (κ1) is 20.8. The number of para-hydroxylation sites is 1. The van der Waals surface area contributed by atoms with Gasteiger partial charge in [0, 0.05) is 59.8 Å². The third kappa shape index (κ3) is 4.35. The Morgan fingerprint density at radius 2 is 1.80 bits per heavy atom. The lowest BCUT2D eigenvalue weighted by Crippen LogP contribution is -2.49. The average Bonchev–Trinajstić information content (AvgIpc) is 2.77. The molecule has 2 heterocycles. The van der Waals surface area contributed by atoms with E-state index in [2.05, 4.69) is 4.90 Å². The van der Waals surface area contributed by atoms with E-state index in [1.807, 2.05) is 60.4 Å². The Morgan fingerprint density at radius 3 is 2.53 bits per heavy atom. The number of carbonyl (C=O) groups is 1. The molecular weight excluding hydrogens is 418 g/mol. The first-order valence-corrected chi connectivity index (χ1v) is 11.5. The number of rotatable bonds is 5. The van der Waals surface area contributed by atoms with Crippen LogP contribution in [0.15, 0.2) is 64.3 Å². The zero-order valence-corrected chi connectivity index (χ0v) is 18.5. The molecule has 156 valence electrons. The Kier molecular flexibility index (Phi) is 6.35. The summed E-state index contributed by atoms with van der Waals surface area (Å²) in [5.74, 6) is 0.436. The number of hydrogen-bond donors (Lipinski definition) is 0. The van der Waals surface area contributed by atoms with Gasteiger partial charge in [-0.15, -0.1) is 11.8 Å². The SMILES string of the molecule is CCn1c(=O)cc(SCC(=O)N2CCN(c3cccc(Cl)c3)CC2)c2ccccc21. The van der Waals surface area contributed by atoms with Crippen molar-refractivity contribution in [3.8, 4) is 0 Å². The fourth-order valence-electron chi connectivity index (χ4n) is 3.87. The van der Waals surface area contributed by atoms with Gasteiger partial charge < -0.3 is 14.4 Å². The van der Waals surface area contributed by atoms with Gasteiger partial charge >= 0.3 is 0 Å². The molecule has 1 fully saturated rings. The van der Waals surface area contributed by atoms with Gasteiger partial charge in [0.05, 0.1) is 11.3 Å². The van der Waals surface area contributed by atoms with E-state index < -0.39 is 0 Å². The van der Waals surface area contributed by atoms with Crippen LogP contribution in [0.5, 0.6) is 0 Å². The number of nitrogens with zero attached hydrogens (tertiary/aromatic N) is 3. The van der Waals surface area contributed by atoms with E-state index >= 15 is 0 Å². The summed E-state index contributed by atoms with van der Waals surface area (Å²) < 4.78 is 1.76. The van der Waals surface area contributed by atoms with Gasteiger partial charge in [-0.2, -0.15) is 0 Å². The van der Waals surface area contributed by atoms with Crippen LogP contribution in [-0.2, 0) is 11.3 Å². The molecule has 0 radical (unpaired) electrons. The summed E-state index contributed by atoms with van der Waals surface area (Å²) in [5.41, 5.74) is 1.98. The van der Waals surface area contributed by atoms with E-state index in [0.29, 0.717) is 25.4 Å². The zero-order chi connectivity index (χ0) is 21.1. The van der Waals surface area contributed by atoms with E-state index in [0.717, 1.165) is 39.6 Å². The van der Waals surface area contributed by atoms with Crippen molar-refractivity contribution in [2.45, 2.75) is 18.4 Å². The summed E-state index contributed by atoms with van der Waals surface area (Å²) in [6.45, 7) is 5.53. The minimum absolute atomic E-state index is 0.0266. The highest BCUT2D eigenvalue weighted by molar-refractivity contribution is 8.00. The minimum Gasteiger partial charge on any atom is -0.368 e. The van der Waals surface area contributed by atoms with Gasteiger partial charge in [-0.3, -0.25) is 9.59 Å². The Morgan fingerprint density at radius 1 is 1.03 bits per heavy atom. The highest BCUT2D eigenvalue weighted by Crippen LogP contribution is 2.27. The van der Waals surface area contributed by atoms with Crippen molar-refractivity contribution in [1.82, 2.24) is 9.47 Å². The molecule has 2 aromatic carbocycles. The predicted octanol–water partition coefficient (Wildman–Crippen LogP) is 4.12. The van der Waals surface area contributed by atoms with Crippen LogP contribution in [0.25, 0.3) is 10.9 Å². The number of aryl methyl sites for hydroxylation is 1. The molecule has 30 heavy (non-hydrogen) atoms. The van der Waals surface area contributed by atoms with Crippen molar-refractivity contribution in [1.29, 1.82) is 0 Å². The third-order valence-electron chi connectivity index (χ3n) is 5.45. The van der Waals surface area contributed by atoms with Gasteiger partial charge in [-0.05, 0) is 31.2 Å². The second-order valence-electron chi connectivity index (χ2n) is 7.24. The van der Waals surface area contributed by atoms with Gasteiger partial charge in [0.15, 0.2) is 0 Å². The molecule has 0 aliphatic carbocycles. The molecule has 0 saturated carbocycles. The molecule has 1 aliphatic rings. The van der Waals surface area contributed by atoms with Crippen molar-refractivity contribution in [3.05, 3.63) is 70.0 Å². The summed E-state index contributed by atoms with van der Waals surface area (Å²) in [6, 6.07) is 17.3. The van der Waals surface area contributed by atoms with E-state index in [1.54, 1.807) is 10.6 Å². The molecule has 3 aromatic rings. The third-order valence-corrected chi connectivity index (χ3v) is 6.73. The molecular formula is C23H24ClN3O2S. The maximum absolute atomic E-state index is 12.8. The van der Waals surface area contributed by atoms with Gasteiger partial charge in [-0.1, -0.05) is 35.9 Å². The smallest absolute Gasteiger partial charge is 0.252 e. The molecule has 4 rings (SSSR count). The Labute approximate surface area is 185 Å². The molecule has 0 bridgehead atoms. The Bertz CT molecular complexity index is 1120. The minimum atomic E-state index is -0.0266. The highest BCUT2D eigenvalue weighted by Gasteiger charge is 2.22. The summed E-state index contributed by atoms with van der Waals surface area (Å²) >= 11 is 7.55. The van der Waals surface area contributed by atoms with Crippen LogP contribution in [0, 0.1) is 0 Å². The molecule has 7 heteroatoms. The van der Waals surface area contributed by atoms with Crippen LogP contribution in [-0.4, -0.2) is 47.3 Å². The second kappa shape index (κ2) is 9.14. The largest absolute Gasteiger partial charge is 0.368 e. The van der Waals surface area contributed by atoms with Crippen LogP contribution < -0.4 is 10.5 Å². The molecule has 1 aliphatic heterocycles. The van der Waals surface area contributed by atoms with E-state index in [9.17, 15) is 9.59 Å². The molecule has 1 aromatic heterocycles. The van der Waals surface area contributed by atoms with Crippen LogP contribution in [0.3, 0.4) is 0 Å². The number of fused-ring (bicyclic) bond motifs is 1. The number of benzene rings is 2. The number of anilines is 1. The average molecular weight is 442 g/mol. The number of piperazine rings is 1. The molecule has 1 amide bonds. The maximum atomic E-state index is 12.8. The lowest BCUT2D eigenvalue weighted by molar-refractivity contribution is -0.128. The summed E-state index contributed by atoms with van der Waals surface area (Å²) in [7, 11) is 0. The standard InChI is InChI=1S/C23H24ClN3O2S/c1-2-27-20-9-4-3-8-19(20)21(15-22(27)28)30-16-23(29)26-12-10-25(11-13-26)18-7-5-6-17(24)14-18/h3-9,14-15H,2,10-13,16H2,1H3. The van der Waals surface area contributed by atoms with Crippen molar-refractivity contribution >= 4 is 45.9 Å². The predicted molar refractivity (Wildman–Crippen MR) is 125 cm³/mol. The van der Waals surface area contributed by atoms with Gasteiger partial charge in [0.1, 0.15) is 0 Å². The number of amides is 1. The Hall–Kier alpha value is -2.44. The molecule has 0 N–H and O–H groups in total. The first-order chi connectivity index (χ1) is 14.6. The number of thioether (sulfide) groups is 1. The number of pyridine rings is 1. The van der Waals surface area contributed by atoms with Gasteiger partial charge in [-0.25, -0.2) is 0 Å². The summed E-state index contributed by atoms with van der Waals surface area (Å²) in [6.07, 6.45) is 0.